The van der Waals surface area contributed by atoms with Gasteiger partial charge < -0.3 is 15.4 Å². The van der Waals surface area contributed by atoms with Gasteiger partial charge in [0.2, 0.25) is 5.91 Å². The molecule has 1 aliphatic rings. The smallest absolute Gasteiger partial charge is 0.220 e. The Bertz CT molecular complexity index is 468. The first-order valence-electron chi connectivity index (χ1n) is 7.84. The van der Waals surface area contributed by atoms with Gasteiger partial charge in [0.1, 0.15) is 5.75 Å². The molecular weight excluding hydrogens is 300 g/mol. The van der Waals surface area contributed by atoms with Gasteiger partial charge in [-0.3, -0.25) is 4.79 Å². The summed E-state index contributed by atoms with van der Waals surface area (Å²) in [7, 11) is 0. The number of piperidine rings is 1. The summed E-state index contributed by atoms with van der Waals surface area (Å²) in [5.41, 5.74) is 1.18. The van der Waals surface area contributed by atoms with Crippen LogP contribution in [0.25, 0.3) is 0 Å². The normalized spacial score (nSPS) is 20.8. The van der Waals surface area contributed by atoms with Crippen LogP contribution in [0, 0.1) is 12.8 Å². The van der Waals surface area contributed by atoms with Gasteiger partial charge in [0.05, 0.1) is 6.61 Å². The van der Waals surface area contributed by atoms with Crippen molar-refractivity contribution in [3.05, 3.63) is 29.8 Å². The summed E-state index contributed by atoms with van der Waals surface area (Å²) in [5.74, 6) is 1.56. The Morgan fingerprint density at radius 2 is 2.27 bits per heavy atom. The zero-order valence-electron chi connectivity index (χ0n) is 13.4. The Kier molecular flexibility index (Phi) is 8.28. The molecule has 2 rings (SSSR count). The molecular formula is C17H27ClN2O2. The summed E-state index contributed by atoms with van der Waals surface area (Å²) in [6.45, 7) is 6.76. The predicted molar refractivity (Wildman–Crippen MR) is 91.7 cm³/mol. The zero-order chi connectivity index (χ0) is 15.1. The van der Waals surface area contributed by atoms with E-state index in [1.165, 1.54) is 5.56 Å². The minimum absolute atomic E-state index is 0. The molecule has 5 heteroatoms. The molecule has 0 spiro atoms. The van der Waals surface area contributed by atoms with Crippen molar-refractivity contribution in [2.75, 3.05) is 19.7 Å². The van der Waals surface area contributed by atoms with Crippen LogP contribution in [0.15, 0.2) is 24.3 Å². The van der Waals surface area contributed by atoms with E-state index < -0.39 is 0 Å². The van der Waals surface area contributed by atoms with Crippen molar-refractivity contribution in [3.63, 3.8) is 0 Å². The highest BCUT2D eigenvalue weighted by molar-refractivity contribution is 5.85. The van der Waals surface area contributed by atoms with E-state index in [-0.39, 0.29) is 24.4 Å². The first-order valence-corrected chi connectivity index (χ1v) is 7.84. The van der Waals surface area contributed by atoms with E-state index in [2.05, 4.69) is 17.6 Å². The highest BCUT2D eigenvalue weighted by atomic mass is 35.5. The largest absolute Gasteiger partial charge is 0.494 e. The lowest BCUT2D eigenvalue weighted by molar-refractivity contribution is -0.122. The lowest BCUT2D eigenvalue weighted by atomic mass is 9.95. The first kappa shape index (κ1) is 18.8. The highest BCUT2D eigenvalue weighted by Crippen LogP contribution is 2.13. The molecule has 0 saturated carbocycles. The summed E-state index contributed by atoms with van der Waals surface area (Å²) in [6, 6.07) is 8.25. The Morgan fingerprint density at radius 3 is 3.00 bits per heavy atom. The van der Waals surface area contributed by atoms with Gasteiger partial charge >= 0.3 is 0 Å². The maximum absolute atomic E-state index is 11.9. The van der Waals surface area contributed by atoms with Crippen LogP contribution < -0.4 is 15.4 Å². The van der Waals surface area contributed by atoms with Crippen LogP contribution in [-0.4, -0.2) is 31.6 Å². The van der Waals surface area contributed by atoms with Crippen LogP contribution in [-0.2, 0) is 4.79 Å². The fourth-order valence-electron chi connectivity index (χ4n) is 2.59. The van der Waals surface area contributed by atoms with Crippen molar-refractivity contribution in [2.24, 2.45) is 5.92 Å². The molecule has 2 atom stereocenters. The van der Waals surface area contributed by atoms with E-state index in [1.807, 2.05) is 31.2 Å². The third-order valence-electron chi connectivity index (χ3n) is 3.98. The van der Waals surface area contributed by atoms with Crippen molar-refractivity contribution < 1.29 is 9.53 Å². The molecule has 0 radical (unpaired) electrons. The average molecular weight is 327 g/mol. The van der Waals surface area contributed by atoms with Crippen LogP contribution in [0.4, 0.5) is 0 Å². The molecule has 0 aliphatic carbocycles. The van der Waals surface area contributed by atoms with Crippen molar-refractivity contribution in [2.45, 2.75) is 39.2 Å². The van der Waals surface area contributed by atoms with Crippen LogP contribution in [0.5, 0.6) is 5.75 Å². The van der Waals surface area contributed by atoms with E-state index in [1.54, 1.807) is 0 Å². The highest BCUT2D eigenvalue weighted by Gasteiger charge is 2.22. The maximum atomic E-state index is 11.9. The Hall–Kier alpha value is -1.26. The Labute approximate surface area is 139 Å². The predicted octanol–water partition coefficient (Wildman–Crippen LogP) is 2.69. The molecule has 1 heterocycles. The van der Waals surface area contributed by atoms with Gasteiger partial charge in [0, 0.05) is 19.0 Å². The van der Waals surface area contributed by atoms with E-state index in [9.17, 15) is 4.79 Å². The third-order valence-corrected chi connectivity index (χ3v) is 3.98. The van der Waals surface area contributed by atoms with E-state index in [0.717, 1.165) is 31.7 Å². The minimum Gasteiger partial charge on any atom is -0.494 e. The van der Waals surface area contributed by atoms with Gasteiger partial charge in [0.25, 0.3) is 0 Å². The van der Waals surface area contributed by atoms with E-state index in [4.69, 9.17) is 4.74 Å². The fraction of sp³-hybridized carbons (Fsp3) is 0.588. The quantitative estimate of drug-likeness (QED) is 0.790. The van der Waals surface area contributed by atoms with Gasteiger partial charge in [-0.2, -0.15) is 0 Å². The molecule has 4 nitrogen and oxygen atoms in total. The average Bonchev–Trinajstić information content (AvgIpc) is 2.46. The minimum atomic E-state index is 0. The summed E-state index contributed by atoms with van der Waals surface area (Å²) >= 11 is 0. The van der Waals surface area contributed by atoms with Crippen molar-refractivity contribution in [1.82, 2.24) is 10.6 Å². The molecule has 1 amide bonds. The summed E-state index contributed by atoms with van der Waals surface area (Å²) in [6.07, 6.45) is 2.39. The molecule has 1 saturated heterocycles. The molecule has 22 heavy (non-hydrogen) atoms. The van der Waals surface area contributed by atoms with Gasteiger partial charge in [-0.1, -0.05) is 19.1 Å². The number of halogens is 1. The van der Waals surface area contributed by atoms with Gasteiger partial charge in [-0.25, -0.2) is 0 Å². The third kappa shape index (κ3) is 6.24. The van der Waals surface area contributed by atoms with Crippen molar-refractivity contribution in [1.29, 1.82) is 0 Å². The molecule has 1 aliphatic heterocycles. The van der Waals surface area contributed by atoms with Crippen LogP contribution >= 0.6 is 12.4 Å². The number of hydrogen-bond donors (Lipinski definition) is 2. The zero-order valence-corrected chi connectivity index (χ0v) is 14.2. The number of carbonyl (C=O) groups is 1. The number of rotatable bonds is 6. The van der Waals surface area contributed by atoms with Crippen molar-refractivity contribution >= 4 is 18.3 Å². The number of ether oxygens (including phenoxy) is 1. The molecule has 124 valence electrons. The number of amides is 1. The molecule has 0 aromatic heterocycles. The monoisotopic (exact) mass is 326 g/mol. The van der Waals surface area contributed by atoms with Crippen LogP contribution in [0.2, 0.25) is 0 Å². The SMILES string of the molecule is Cc1cccc(OCCCC(=O)NC2CNCCC2C)c1.Cl. The number of carbonyl (C=O) groups excluding carboxylic acids is 1. The first-order chi connectivity index (χ1) is 10.1. The summed E-state index contributed by atoms with van der Waals surface area (Å²) < 4.78 is 5.66. The lowest BCUT2D eigenvalue weighted by Gasteiger charge is -2.30. The van der Waals surface area contributed by atoms with E-state index >= 15 is 0 Å². The second-order valence-electron chi connectivity index (χ2n) is 5.91. The van der Waals surface area contributed by atoms with Crippen LogP contribution in [0.3, 0.4) is 0 Å². The Morgan fingerprint density at radius 1 is 1.45 bits per heavy atom. The topological polar surface area (TPSA) is 50.4 Å². The van der Waals surface area contributed by atoms with Crippen LogP contribution in [0.1, 0.15) is 31.7 Å². The van der Waals surface area contributed by atoms with Crippen molar-refractivity contribution in [3.8, 4) is 5.75 Å². The number of aryl methyl sites for hydroxylation is 1. The molecule has 1 aromatic carbocycles. The molecule has 0 bridgehead atoms. The molecule has 2 N–H and O–H groups in total. The second-order valence-corrected chi connectivity index (χ2v) is 5.91. The summed E-state index contributed by atoms with van der Waals surface area (Å²) in [4.78, 5) is 11.9. The molecule has 1 fully saturated rings. The van der Waals surface area contributed by atoms with E-state index in [0.29, 0.717) is 18.9 Å². The maximum Gasteiger partial charge on any atom is 0.220 e. The standard InChI is InChI=1S/C17H26N2O2.ClH/c1-13-5-3-6-15(11-13)21-10-4-7-17(20)19-16-12-18-9-8-14(16)2;/h3,5-6,11,14,16,18H,4,7-10,12H2,1-2H3,(H,19,20);1H. The number of hydrogen-bond acceptors (Lipinski definition) is 3. The lowest BCUT2D eigenvalue weighted by Crippen LogP contribution is -2.50. The van der Waals surface area contributed by atoms with Gasteiger partial charge in [0.15, 0.2) is 0 Å². The number of benzene rings is 1. The van der Waals surface area contributed by atoms with Gasteiger partial charge in [-0.15, -0.1) is 12.4 Å². The van der Waals surface area contributed by atoms with Gasteiger partial charge in [-0.05, 0) is 49.9 Å². The Balaban J connectivity index is 0.00000242. The summed E-state index contributed by atoms with van der Waals surface area (Å²) in [5, 5.41) is 6.44. The number of nitrogens with one attached hydrogen (secondary N) is 2. The second kappa shape index (κ2) is 9.70. The fourth-order valence-corrected chi connectivity index (χ4v) is 2.59. The molecule has 1 aromatic rings. The molecule has 2 unspecified atom stereocenters.